The van der Waals surface area contributed by atoms with Gasteiger partial charge in [-0.25, -0.2) is 4.98 Å². The van der Waals surface area contributed by atoms with Gasteiger partial charge in [0, 0.05) is 39.1 Å². The number of aromatic amines is 1. The summed E-state index contributed by atoms with van der Waals surface area (Å²) in [6, 6.07) is 3.48. The molecule has 0 saturated carbocycles. The van der Waals surface area contributed by atoms with Gasteiger partial charge >= 0.3 is 6.18 Å². The van der Waals surface area contributed by atoms with Crippen LogP contribution in [0.15, 0.2) is 27.8 Å². The molecule has 28 heavy (non-hydrogen) atoms. The molecule has 1 atom stereocenters. The number of H-pyrrole nitrogens is 1. The summed E-state index contributed by atoms with van der Waals surface area (Å²) in [6.45, 7) is 0.433. The van der Waals surface area contributed by atoms with Gasteiger partial charge in [0.2, 0.25) is 5.82 Å². The molecule has 8 nitrogen and oxygen atoms in total. The fraction of sp³-hybridized carbons (Fsp3) is 0.562. The molecule has 12 heteroatoms. The van der Waals surface area contributed by atoms with Crippen LogP contribution < -0.4 is 10.6 Å². The number of aromatic nitrogens is 3. The van der Waals surface area contributed by atoms with E-state index in [4.69, 9.17) is 4.42 Å². The minimum absolute atomic E-state index is 0. The van der Waals surface area contributed by atoms with Gasteiger partial charge in [-0.2, -0.15) is 18.3 Å². The fourth-order valence-corrected chi connectivity index (χ4v) is 2.96. The van der Waals surface area contributed by atoms with E-state index in [1.807, 2.05) is 0 Å². The van der Waals surface area contributed by atoms with E-state index < -0.39 is 12.7 Å². The highest BCUT2D eigenvalue weighted by Gasteiger charge is 2.34. The molecule has 1 fully saturated rings. The predicted molar refractivity (Wildman–Crippen MR) is 109 cm³/mol. The van der Waals surface area contributed by atoms with Crippen molar-refractivity contribution in [2.24, 2.45) is 4.99 Å². The van der Waals surface area contributed by atoms with E-state index in [2.05, 4.69) is 30.8 Å². The van der Waals surface area contributed by atoms with Crippen molar-refractivity contribution in [2.75, 3.05) is 33.2 Å². The monoisotopic (exact) mass is 513 g/mol. The number of guanidine groups is 1. The van der Waals surface area contributed by atoms with Gasteiger partial charge in [0.05, 0.1) is 12.8 Å². The van der Waals surface area contributed by atoms with Crippen LogP contribution in [0.4, 0.5) is 13.2 Å². The van der Waals surface area contributed by atoms with Crippen LogP contribution in [0.3, 0.4) is 0 Å². The number of nitrogens with one attached hydrogen (secondary N) is 3. The standard InChI is InChI=1S/C16H22F3N7O.HI/c1-20-15(22-11-5-7-26(9-11)10-16(17,18)19)21-6-4-13-23-14(25-24-13)12-3-2-8-27-12;/h2-3,8,11H,4-7,9-10H2,1H3,(H2,20,21,22)(H,23,24,25);1H. The molecule has 1 aliphatic heterocycles. The third-order valence-corrected chi connectivity index (χ3v) is 4.17. The molecule has 156 valence electrons. The van der Waals surface area contributed by atoms with Crippen molar-refractivity contribution in [1.82, 2.24) is 30.7 Å². The molecule has 0 radical (unpaired) electrons. The van der Waals surface area contributed by atoms with Crippen molar-refractivity contribution in [3.63, 3.8) is 0 Å². The number of likely N-dealkylation sites (tertiary alicyclic amines) is 1. The summed E-state index contributed by atoms with van der Waals surface area (Å²) in [4.78, 5) is 9.87. The van der Waals surface area contributed by atoms with Gasteiger partial charge in [0.1, 0.15) is 5.82 Å². The van der Waals surface area contributed by atoms with Crippen molar-refractivity contribution in [3.05, 3.63) is 24.2 Å². The van der Waals surface area contributed by atoms with E-state index in [1.165, 1.54) is 4.90 Å². The normalized spacial score (nSPS) is 18.1. The summed E-state index contributed by atoms with van der Waals surface area (Å²) >= 11 is 0. The Bertz CT molecular complexity index is 748. The quantitative estimate of drug-likeness (QED) is 0.311. The lowest BCUT2D eigenvalue weighted by molar-refractivity contribution is -0.143. The molecule has 0 aromatic carbocycles. The molecule has 1 saturated heterocycles. The molecule has 3 heterocycles. The van der Waals surface area contributed by atoms with Crippen LogP contribution in [0.25, 0.3) is 11.6 Å². The molecule has 2 aromatic heterocycles. The van der Waals surface area contributed by atoms with Gasteiger partial charge in [-0.1, -0.05) is 0 Å². The number of alkyl halides is 3. The van der Waals surface area contributed by atoms with Crippen molar-refractivity contribution in [2.45, 2.75) is 25.1 Å². The number of nitrogens with zero attached hydrogens (tertiary/aromatic N) is 4. The predicted octanol–water partition coefficient (Wildman–Crippen LogP) is 2.03. The van der Waals surface area contributed by atoms with E-state index in [9.17, 15) is 13.2 Å². The molecule has 0 amide bonds. The van der Waals surface area contributed by atoms with Crippen molar-refractivity contribution < 1.29 is 17.6 Å². The van der Waals surface area contributed by atoms with Crippen LogP contribution in [0, 0.1) is 0 Å². The Hall–Kier alpha value is -1.83. The Balaban J connectivity index is 0.00000280. The van der Waals surface area contributed by atoms with Crippen molar-refractivity contribution >= 4 is 29.9 Å². The molecule has 0 spiro atoms. The zero-order valence-corrected chi connectivity index (χ0v) is 17.6. The smallest absolute Gasteiger partial charge is 0.401 e. The first-order chi connectivity index (χ1) is 12.9. The Morgan fingerprint density at radius 1 is 1.46 bits per heavy atom. The second kappa shape index (κ2) is 10.1. The van der Waals surface area contributed by atoms with E-state index >= 15 is 0 Å². The van der Waals surface area contributed by atoms with E-state index in [0.717, 1.165) is 0 Å². The number of furan rings is 1. The molecule has 0 aliphatic carbocycles. The van der Waals surface area contributed by atoms with Gasteiger partial charge in [0.25, 0.3) is 0 Å². The van der Waals surface area contributed by atoms with E-state index in [1.54, 1.807) is 25.4 Å². The summed E-state index contributed by atoms with van der Waals surface area (Å²) in [5, 5.41) is 13.3. The SMILES string of the molecule is CN=C(NCCc1nc(-c2ccco2)n[nH]1)NC1CCN(CC(F)(F)F)C1.I. The van der Waals surface area contributed by atoms with Gasteiger partial charge in [-0.15, -0.1) is 24.0 Å². The Labute approximate surface area is 177 Å². The summed E-state index contributed by atoms with van der Waals surface area (Å²) in [7, 11) is 1.63. The lowest BCUT2D eigenvalue weighted by atomic mass is 10.3. The Morgan fingerprint density at radius 3 is 2.96 bits per heavy atom. The maximum atomic E-state index is 12.5. The molecular formula is C16H23F3IN7O. The number of aliphatic imine (C=N–C) groups is 1. The van der Waals surface area contributed by atoms with Gasteiger partial charge in [0.15, 0.2) is 11.7 Å². The molecular weight excluding hydrogens is 490 g/mol. The lowest BCUT2D eigenvalue weighted by Gasteiger charge is -2.19. The number of hydrogen-bond acceptors (Lipinski definition) is 5. The third kappa shape index (κ3) is 6.65. The van der Waals surface area contributed by atoms with Crippen LogP contribution in [0.1, 0.15) is 12.2 Å². The maximum absolute atomic E-state index is 12.5. The van der Waals surface area contributed by atoms with Crippen LogP contribution in [0.2, 0.25) is 0 Å². The van der Waals surface area contributed by atoms with E-state index in [-0.39, 0.29) is 30.0 Å². The van der Waals surface area contributed by atoms with Crippen LogP contribution in [-0.2, 0) is 6.42 Å². The van der Waals surface area contributed by atoms with Gasteiger partial charge in [-0.3, -0.25) is 15.0 Å². The lowest BCUT2D eigenvalue weighted by Crippen LogP contribution is -2.45. The van der Waals surface area contributed by atoms with Gasteiger partial charge in [-0.05, 0) is 18.6 Å². The number of halogens is 4. The summed E-state index contributed by atoms with van der Waals surface area (Å²) in [5.41, 5.74) is 0. The fourth-order valence-electron chi connectivity index (χ4n) is 2.96. The zero-order chi connectivity index (χ0) is 19.3. The first kappa shape index (κ1) is 22.5. The third-order valence-electron chi connectivity index (χ3n) is 4.17. The summed E-state index contributed by atoms with van der Waals surface area (Å²) < 4.78 is 42.6. The number of rotatable bonds is 6. The summed E-state index contributed by atoms with van der Waals surface area (Å²) in [5.74, 6) is 2.34. The molecule has 1 unspecified atom stereocenters. The van der Waals surface area contributed by atoms with Gasteiger partial charge < -0.3 is 15.1 Å². The topological polar surface area (TPSA) is 94.4 Å². The molecule has 3 N–H and O–H groups in total. The van der Waals surface area contributed by atoms with Crippen LogP contribution >= 0.6 is 24.0 Å². The Morgan fingerprint density at radius 2 is 2.29 bits per heavy atom. The zero-order valence-electron chi connectivity index (χ0n) is 15.3. The first-order valence-electron chi connectivity index (χ1n) is 8.64. The molecule has 0 bridgehead atoms. The highest BCUT2D eigenvalue weighted by molar-refractivity contribution is 14.0. The minimum atomic E-state index is -4.17. The average Bonchev–Trinajstić information content (AvgIpc) is 3.34. The first-order valence-corrected chi connectivity index (χ1v) is 8.64. The molecule has 3 rings (SSSR count). The van der Waals surface area contributed by atoms with Crippen LogP contribution in [0.5, 0.6) is 0 Å². The Kier molecular flexibility index (Phi) is 8.10. The maximum Gasteiger partial charge on any atom is 0.401 e. The van der Waals surface area contributed by atoms with E-state index in [0.29, 0.717) is 55.8 Å². The molecule has 1 aliphatic rings. The second-order valence-corrected chi connectivity index (χ2v) is 6.31. The summed E-state index contributed by atoms with van der Waals surface area (Å²) in [6.07, 6.45) is -1.38. The van der Waals surface area contributed by atoms with Crippen LogP contribution in [-0.4, -0.2) is 71.5 Å². The molecule has 2 aromatic rings. The highest BCUT2D eigenvalue weighted by Crippen LogP contribution is 2.20. The average molecular weight is 513 g/mol. The minimum Gasteiger partial charge on any atom is -0.461 e. The van der Waals surface area contributed by atoms with Crippen molar-refractivity contribution in [1.29, 1.82) is 0 Å². The van der Waals surface area contributed by atoms with Crippen molar-refractivity contribution in [3.8, 4) is 11.6 Å². The largest absolute Gasteiger partial charge is 0.461 e. The number of hydrogen-bond donors (Lipinski definition) is 3. The second-order valence-electron chi connectivity index (χ2n) is 6.31. The highest BCUT2D eigenvalue weighted by atomic mass is 127.